The topological polar surface area (TPSA) is 71.3 Å². The molecule has 2 heterocycles. The largest absolute Gasteiger partial charge is 0.430 e. The first-order valence-electron chi connectivity index (χ1n) is 14.9. The zero-order valence-electron chi connectivity index (χ0n) is 24.7. The molecule has 0 saturated heterocycles. The highest BCUT2D eigenvalue weighted by Gasteiger charge is 2.19. The summed E-state index contributed by atoms with van der Waals surface area (Å²) in [6.45, 7) is 12.6. The lowest BCUT2D eigenvalue weighted by atomic mass is 9.93. The molecule has 0 aliphatic rings. The number of thioether (sulfide) groups is 1. The van der Waals surface area contributed by atoms with Gasteiger partial charge in [-0.2, -0.15) is 4.98 Å². The van der Waals surface area contributed by atoms with Gasteiger partial charge in [-0.15, -0.1) is 0 Å². The number of carbonyl (C=O) groups excluding carboxylic acids is 1. The second-order valence-corrected chi connectivity index (χ2v) is 12.1. The van der Waals surface area contributed by atoms with Crippen molar-refractivity contribution in [3.8, 4) is 0 Å². The molecule has 0 aliphatic heterocycles. The maximum absolute atomic E-state index is 13.6. The van der Waals surface area contributed by atoms with Crippen molar-refractivity contribution in [2.75, 3.05) is 24.2 Å². The number of rotatable bonds is 17. The molecule has 7 heteroatoms. The smallest absolute Gasteiger partial charge is 0.321 e. The summed E-state index contributed by atoms with van der Waals surface area (Å²) in [5.74, 6) is 1.68. The maximum Gasteiger partial charge on any atom is 0.321 e. The van der Waals surface area contributed by atoms with Gasteiger partial charge in [0.1, 0.15) is 0 Å². The van der Waals surface area contributed by atoms with Crippen LogP contribution in [0.3, 0.4) is 0 Å². The van der Waals surface area contributed by atoms with E-state index in [0.717, 1.165) is 62.2 Å². The molecule has 0 unspecified atom stereocenters. The van der Waals surface area contributed by atoms with E-state index in [-0.39, 0.29) is 6.03 Å². The minimum Gasteiger partial charge on any atom is -0.430 e. The second kappa shape index (κ2) is 16.5. The number of amides is 2. The monoisotopic (exact) mass is 552 g/mol. The average Bonchev–Trinajstić information content (AvgIpc) is 3.34. The van der Waals surface area contributed by atoms with Crippen molar-refractivity contribution in [3.05, 3.63) is 47.7 Å². The number of hydrogen-bond acceptors (Lipinski definition) is 5. The highest BCUT2D eigenvalue weighted by Crippen LogP contribution is 2.32. The van der Waals surface area contributed by atoms with Crippen LogP contribution in [0.1, 0.15) is 115 Å². The van der Waals surface area contributed by atoms with Crippen LogP contribution in [0.5, 0.6) is 0 Å². The average molecular weight is 553 g/mol. The Bertz CT molecular complexity index is 1080. The number of para-hydroxylation sites is 1. The Morgan fingerprint density at radius 2 is 1.54 bits per heavy atom. The van der Waals surface area contributed by atoms with Crippen LogP contribution in [-0.2, 0) is 0 Å². The molecule has 39 heavy (non-hydrogen) atoms. The van der Waals surface area contributed by atoms with Crippen molar-refractivity contribution in [2.45, 2.75) is 109 Å². The van der Waals surface area contributed by atoms with Crippen molar-refractivity contribution < 1.29 is 9.21 Å². The van der Waals surface area contributed by atoms with Gasteiger partial charge in [0.2, 0.25) is 0 Å². The van der Waals surface area contributed by atoms with Crippen LogP contribution < -0.4 is 5.32 Å². The number of pyridine rings is 1. The fourth-order valence-corrected chi connectivity index (χ4v) is 5.65. The molecule has 1 aromatic carbocycles. The summed E-state index contributed by atoms with van der Waals surface area (Å²) in [6.07, 6.45) is 12.1. The Labute approximate surface area is 239 Å². The van der Waals surface area contributed by atoms with Crippen LogP contribution in [0.25, 0.3) is 11.2 Å². The molecule has 1 N–H and O–H groups in total. The summed E-state index contributed by atoms with van der Waals surface area (Å²) in [6, 6.07) is 10.2. The number of anilines is 1. The zero-order valence-corrected chi connectivity index (χ0v) is 25.5. The summed E-state index contributed by atoms with van der Waals surface area (Å²) in [5.41, 5.74) is 4.85. The van der Waals surface area contributed by atoms with Gasteiger partial charge < -0.3 is 14.6 Å². The molecular weight excluding hydrogens is 504 g/mol. The number of nitrogens with zero attached hydrogens (tertiary/aromatic N) is 3. The molecule has 6 nitrogen and oxygen atoms in total. The van der Waals surface area contributed by atoms with Crippen LogP contribution in [0.4, 0.5) is 10.5 Å². The Kier molecular flexibility index (Phi) is 13.1. The Balaban J connectivity index is 1.50. The number of oxazole rings is 1. The maximum atomic E-state index is 13.6. The van der Waals surface area contributed by atoms with Crippen LogP contribution in [0.2, 0.25) is 0 Å². The van der Waals surface area contributed by atoms with E-state index in [2.05, 4.69) is 68.1 Å². The fraction of sp³-hybridized carbons (Fsp3) is 0.594. The Morgan fingerprint density at radius 1 is 0.897 bits per heavy atom. The summed E-state index contributed by atoms with van der Waals surface area (Å²) in [7, 11) is 0. The van der Waals surface area contributed by atoms with E-state index in [1.165, 1.54) is 36.8 Å². The van der Waals surface area contributed by atoms with Crippen molar-refractivity contribution in [1.29, 1.82) is 0 Å². The highest BCUT2D eigenvalue weighted by atomic mass is 32.2. The van der Waals surface area contributed by atoms with Crippen LogP contribution in [-0.4, -0.2) is 39.7 Å². The van der Waals surface area contributed by atoms with Crippen LogP contribution in [0, 0.1) is 0 Å². The predicted octanol–water partition coefficient (Wildman–Crippen LogP) is 9.63. The quantitative estimate of drug-likeness (QED) is 0.133. The van der Waals surface area contributed by atoms with Crippen LogP contribution >= 0.6 is 11.8 Å². The van der Waals surface area contributed by atoms with Gasteiger partial charge in [0.15, 0.2) is 11.2 Å². The molecule has 3 aromatic rings. The van der Waals surface area contributed by atoms with Crippen molar-refractivity contribution in [1.82, 2.24) is 14.9 Å². The normalized spacial score (nSPS) is 11.6. The molecular formula is C32H48N4O2S. The zero-order chi connectivity index (χ0) is 28.0. The molecule has 0 fully saturated rings. The molecule has 0 atom stereocenters. The number of hydrogen-bond donors (Lipinski definition) is 1. The van der Waals surface area contributed by atoms with E-state index in [1.54, 1.807) is 18.0 Å². The Hall–Kier alpha value is -2.54. The number of aromatic nitrogens is 2. The van der Waals surface area contributed by atoms with E-state index in [0.29, 0.717) is 22.7 Å². The molecule has 0 aliphatic carbocycles. The van der Waals surface area contributed by atoms with Gasteiger partial charge in [0.25, 0.3) is 5.22 Å². The first-order chi connectivity index (χ1) is 18.9. The predicted molar refractivity (Wildman–Crippen MR) is 165 cm³/mol. The van der Waals surface area contributed by atoms with Gasteiger partial charge in [0, 0.05) is 30.7 Å². The number of unbranched alkanes of at least 4 members (excludes halogenated alkanes) is 7. The second-order valence-electron chi connectivity index (χ2n) is 11.0. The molecule has 0 spiro atoms. The number of fused-ring (bicyclic) bond motifs is 1. The standard InChI is InChI=1S/C32H48N4O2S/c1-6-7-8-9-12-21-36(31(37)34-29-26(24(2)3)17-15-18-27(29)25(4)5)22-13-10-11-14-23-39-32-35-30-28(38-32)19-16-20-33-30/h15-20,24-25H,6-14,21-23H2,1-5H3,(H,34,37). The van der Waals surface area contributed by atoms with Crippen molar-refractivity contribution >= 4 is 34.7 Å². The molecule has 2 aromatic heterocycles. The van der Waals surface area contributed by atoms with Gasteiger partial charge in [-0.05, 0) is 54.4 Å². The summed E-state index contributed by atoms with van der Waals surface area (Å²) < 4.78 is 5.75. The van der Waals surface area contributed by atoms with Gasteiger partial charge in [-0.25, -0.2) is 9.78 Å². The van der Waals surface area contributed by atoms with Gasteiger partial charge >= 0.3 is 6.03 Å². The summed E-state index contributed by atoms with van der Waals surface area (Å²) >= 11 is 1.65. The van der Waals surface area contributed by atoms with Crippen molar-refractivity contribution in [2.24, 2.45) is 0 Å². The lowest BCUT2D eigenvalue weighted by Gasteiger charge is -2.26. The Morgan fingerprint density at radius 3 is 2.15 bits per heavy atom. The SMILES string of the molecule is CCCCCCCN(CCCCCCSc1nc2ncccc2o1)C(=O)Nc1c(C(C)C)cccc1C(C)C. The number of carbonyl (C=O) groups is 1. The van der Waals surface area contributed by atoms with E-state index in [4.69, 9.17) is 4.42 Å². The summed E-state index contributed by atoms with van der Waals surface area (Å²) in [5, 5.41) is 4.04. The minimum atomic E-state index is 0.0422. The third-order valence-corrected chi connectivity index (χ3v) is 8.03. The van der Waals surface area contributed by atoms with E-state index in [1.807, 2.05) is 17.0 Å². The van der Waals surface area contributed by atoms with Gasteiger partial charge in [0.05, 0.1) is 0 Å². The fourth-order valence-electron chi connectivity index (χ4n) is 4.83. The molecule has 0 saturated carbocycles. The molecule has 0 radical (unpaired) electrons. The molecule has 3 rings (SSSR count). The number of benzene rings is 1. The van der Waals surface area contributed by atoms with E-state index < -0.39 is 0 Å². The van der Waals surface area contributed by atoms with E-state index in [9.17, 15) is 4.79 Å². The van der Waals surface area contributed by atoms with Gasteiger partial charge in [-0.1, -0.05) is 103 Å². The third kappa shape index (κ3) is 9.86. The molecule has 0 bridgehead atoms. The van der Waals surface area contributed by atoms with Crippen molar-refractivity contribution in [3.63, 3.8) is 0 Å². The van der Waals surface area contributed by atoms with Crippen LogP contribution in [0.15, 0.2) is 46.2 Å². The first-order valence-corrected chi connectivity index (χ1v) is 15.9. The highest BCUT2D eigenvalue weighted by molar-refractivity contribution is 7.99. The van der Waals surface area contributed by atoms with E-state index >= 15 is 0 Å². The minimum absolute atomic E-state index is 0.0422. The number of urea groups is 1. The summed E-state index contributed by atoms with van der Waals surface area (Å²) in [4.78, 5) is 24.3. The lowest BCUT2D eigenvalue weighted by Crippen LogP contribution is -2.37. The lowest BCUT2D eigenvalue weighted by molar-refractivity contribution is 0.209. The van der Waals surface area contributed by atoms with Gasteiger partial charge in [-0.3, -0.25) is 0 Å². The molecule has 2 amide bonds. The first kappa shape index (κ1) is 31.0. The number of nitrogens with one attached hydrogen (secondary N) is 1. The third-order valence-electron chi connectivity index (χ3n) is 7.12. The molecule has 214 valence electrons.